The summed E-state index contributed by atoms with van der Waals surface area (Å²) in [7, 11) is 0. The van der Waals surface area contributed by atoms with E-state index in [4.69, 9.17) is 0 Å². The van der Waals surface area contributed by atoms with Crippen LogP contribution in [0.25, 0.3) is 33.4 Å². The molecular weight excluding hydrogens is 641 g/mol. The molecule has 53 heavy (non-hydrogen) atoms. The molecule has 0 atom stereocenters. The second-order valence-corrected chi connectivity index (χ2v) is 14.2. The summed E-state index contributed by atoms with van der Waals surface area (Å²) in [5.74, 6) is 0. The van der Waals surface area contributed by atoms with Gasteiger partial charge in [-0.25, -0.2) is 0 Å². The highest BCUT2D eigenvalue weighted by atomic mass is 15.2. The lowest BCUT2D eigenvalue weighted by Crippen LogP contribution is -2.18. The number of hydrogen-bond donors (Lipinski definition) is 0. The average Bonchev–Trinajstić information content (AvgIpc) is 3.46. The van der Waals surface area contributed by atoms with Crippen molar-refractivity contribution in [3.63, 3.8) is 0 Å². The van der Waals surface area contributed by atoms with Gasteiger partial charge < -0.3 is 9.80 Å². The number of benzene rings is 8. The molecule has 0 fully saturated rings. The van der Waals surface area contributed by atoms with Crippen LogP contribution in [0.2, 0.25) is 0 Å². The molecule has 0 unspecified atom stereocenters. The van der Waals surface area contributed by atoms with E-state index in [9.17, 15) is 0 Å². The maximum Gasteiger partial charge on any atom is 0.0564 e. The van der Waals surface area contributed by atoms with Crippen LogP contribution < -0.4 is 9.80 Å². The molecule has 1 aliphatic carbocycles. The lowest BCUT2D eigenvalue weighted by Gasteiger charge is -2.33. The molecule has 2 heteroatoms. The predicted octanol–water partition coefficient (Wildman–Crippen LogP) is 14.3. The highest BCUT2D eigenvalue weighted by Crippen LogP contribution is 2.56. The number of anilines is 6. The molecule has 0 aliphatic heterocycles. The van der Waals surface area contributed by atoms with Gasteiger partial charge in [0.1, 0.15) is 0 Å². The summed E-state index contributed by atoms with van der Waals surface area (Å²) >= 11 is 0. The van der Waals surface area contributed by atoms with Crippen LogP contribution in [0.4, 0.5) is 34.1 Å². The van der Waals surface area contributed by atoms with Gasteiger partial charge in [0.05, 0.1) is 5.69 Å². The second kappa shape index (κ2) is 13.5. The molecule has 1 aliphatic rings. The zero-order chi connectivity index (χ0) is 35.8. The summed E-state index contributed by atoms with van der Waals surface area (Å²) in [5.41, 5.74) is 16.5. The van der Waals surface area contributed by atoms with Crippen molar-refractivity contribution in [2.75, 3.05) is 9.80 Å². The Bertz CT molecular complexity index is 2490. The van der Waals surface area contributed by atoms with Gasteiger partial charge in [-0.05, 0) is 99.6 Å². The molecule has 0 amide bonds. The zero-order valence-corrected chi connectivity index (χ0v) is 30.0. The van der Waals surface area contributed by atoms with E-state index in [1.807, 2.05) is 0 Å². The van der Waals surface area contributed by atoms with Crippen molar-refractivity contribution < 1.29 is 0 Å². The fraction of sp³-hybridized carbons (Fsp3) is 0.0588. The molecule has 0 N–H and O–H groups in total. The third-order valence-electron chi connectivity index (χ3n) is 10.6. The first kappa shape index (κ1) is 32.3. The minimum Gasteiger partial charge on any atom is -0.310 e. The molecule has 254 valence electrons. The first-order valence-electron chi connectivity index (χ1n) is 18.4. The Balaban J connectivity index is 1.28. The molecule has 8 aromatic rings. The van der Waals surface area contributed by atoms with E-state index < -0.39 is 0 Å². The lowest BCUT2D eigenvalue weighted by molar-refractivity contribution is 0.660. The van der Waals surface area contributed by atoms with E-state index in [2.05, 4.69) is 230 Å². The van der Waals surface area contributed by atoms with Crippen molar-refractivity contribution in [1.29, 1.82) is 0 Å². The molecule has 0 spiro atoms. The molecule has 8 aromatic carbocycles. The first-order valence-corrected chi connectivity index (χ1v) is 18.4. The summed E-state index contributed by atoms with van der Waals surface area (Å²) in [4.78, 5) is 4.84. The smallest absolute Gasteiger partial charge is 0.0564 e. The van der Waals surface area contributed by atoms with E-state index >= 15 is 0 Å². The van der Waals surface area contributed by atoms with Gasteiger partial charge in [0.25, 0.3) is 0 Å². The number of nitrogens with zero attached hydrogens (tertiary/aromatic N) is 2. The fourth-order valence-electron chi connectivity index (χ4n) is 7.98. The van der Waals surface area contributed by atoms with E-state index in [0.29, 0.717) is 0 Å². The monoisotopic (exact) mass is 680 g/mol. The van der Waals surface area contributed by atoms with Crippen molar-refractivity contribution in [3.05, 3.63) is 217 Å². The van der Waals surface area contributed by atoms with Gasteiger partial charge in [0, 0.05) is 39.4 Å². The number of fused-ring (bicyclic) bond motifs is 3. The highest BCUT2D eigenvalue weighted by Gasteiger charge is 2.39. The molecular formula is C51H40N2. The van der Waals surface area contributed by atoms with Gasteiger partial charge in [-0.3, -0.25) is 0 Å². The molecule has 0 saturated heterocycles. The van der Waals surface area contributed by atoms with Gasteiger partial charge >= 0.3 is 0 Å². The molecule has 2 nitrogen and oxygen atoms in total. The third kappa shape index (κ3) is 5.89. The SMILES string of the molecule is CC1(C)c2ccccc2-c2c(N(c3ccccc3)c3ccc(-c4ccccc4)cc3)cc(N(c3ccccc3)c3ccc(-c4ccccc4)cc3)cc21. The minimum absolute atomic E-state index is 0.213. The average molecular weight is 681 g/mol. The second-order valence-electron chi connectivity index (χ2n) is 14.2. The number of para-hydroxylation sites is 2. The van der Waals surface area contributed by atoms with Crippen molar-refractivity contribution in [1.82, 2.24) is 0 Å². The third-order valence-corrected chi connectivity index (χ3v) is 10.6. The van der Waals surface area contributed by atoms with Crippen LogP contribution in [-0.4, -0.2) is 0 Å². The van der Waals surface area contributed by atoms with E-state index in [-0.39, 0.29) is 5.41 Å². The van der Waals surface area contributed by atoms with E-state index in [1.54, 1.807) is 0 Å². The fourth-order valence-corrected chi connectivity index (χ4v) is 7.98. The first-order chi connectivity index (χ1) is 26.1. The molecule has 0 radical (unpaired) electrons. The van der Waals surface area contributed by atoms with Gasteiger partial charge in [-0.2, -0.15) is 0 Å². The van der Waals surface area contributed by atoms with Crippen LogP contribution in [0, 0.1) is 0 Å². The Kier molecular flexibility index (Phi) is 8.21. The molecule has 0 bridgehead atoms. The maximum atomic E-state index is 2.44. The topological polar surface area (TPSA) is 6.48 Å². The summed E-state index contributed by atoms with van der Waals surface area (Å²) in [6.07, 6.45) is 0. The summed E-state index contributed by atoms with van der Waals surface area (Å²) in [5, 5.41) is 0. The standard InChI is InChI=1S/C51H40N2/c1-51(2)47-26-16-15-25-46(47)50-48(51)35-45(52(41-21-11-5-12-22-41)43-31-27-39(28-32-43)37-17-7-3-8-18-37)36-49(50)53(42-23-13-6-14-24-42)44-33-29-40(30-34-44)38-19-9-4-10-20-38/h3-36H,1-2H3. The summed E-state index contributed by atoms with van der Waals surface area (Å²) in [6, 6.07) is 74.5. The van der Waals surface area contributed by atoms with Crippen molar-refractivity contribution in [3.8, 4) is 33.4 Å². The maximum absolute atomic E-state index is 2.44. The van der Waals surface area contributed by atoms with Crippen LogP contribution in [0.15, 0.2) is 206 Å². The lowest BCUT2D eigenvalue weighted by atomic mass is 9.82. The van der Waals surface area contributed by atoms with Crippen LogP contribution in [0.1, 0.15) is 25.0 Å². The molecule has 0 saturated carbocycles. The zero-order valence-electron chi connectivity index (χ0n) is 30.0. The summed E-state index contributed by atoms with van der Waals surface area (Å²) in [6.45, 7) is 4.74. The molecule has 9 rings (SSSR count). The number of hydrogen-bond acceptors (Lipinski definition) is 2. The normalized spacial score (nSPS) is 12.5. The van der Waals surface area contributed by atoms with E-state index in [0.717, 1.165) is 34.1 Å². The largest absolute Gasteiger partial charge is 0.310 e. The Morgan fingerprint density at radius 2 is 0.717 bits per heavy atom. The minimum atomic E-state index is -0.213. The quantitative estimate of drug-likeness (QED) is 0.158. The van der Waals surface area contributed by atoms with Crippen LogP contribution in [0.3, 0.4) is 0 Å². The molecule has 0 aromatic heterocycles. The highest BCUT2D eigenvalue weighted by molar-refractivity contribution is 5.98. The van der Waals surface area contributed by atoms with Gasteiger partial charge in [0.15, 0.2) is 0 Å². The number of rotatable bonds is 8. The Labute approximate surface area is 312 Å². The van der Waals surface area contributed by atoms with Crippen LogP contribution in [0.5, 0.6) is 0 Å². The van der Waals surface area contributed by atoms with Gasteiger partial charge in [0.2, 0.25) is 0 Å². The Morgan fingerprint density at radius 3 is 1.25 bits per heavy atom. The summed E-state index contributed by atoms with van der Waals surface area (Å²) < 4.78 is 0. The van der Waals surface area contributed by atoms with Crippen LogP contribution in [-0.2, 0) is 5.41 Å². The Morgan fingerprint density at radius 1 is 0.321 bits per heavy atom. The predicted molar refractivity (Wildman–Crippen MR) is 224 cm³/mol. The van der Waals surface area contributed by atoms with Gasteiger partial charge in [-0.1, -0.05) is 159 Å². The Hall–Kier alpha value is -6.64. The molecule has 0 heterocycles. The van der Waals surface area contributed by atoms with Crippen molar-refractivity contribution >= 4 is 34.1 Å². The van der Waals surface area contributed by atoms with Gasteiger partial charge in [-0.15, -0.1) is 0 Å². The van der Waals surface area contributed by atoms with E-state index in [1.165, 1.54) is 44.5 Å². The van der Waals surface area contributed by atoms with Crippen molar-refractivity contribution in [2.45, 2.75) is 19.3 Å². The van der Waals surface area contributed by atoms with Crippen LogP contribution >= 0.6 is 0 Å². The van der Waals surface area contributed by atoms with Crippen molar-refractivity contribution in [2.24, 2.45) is 0 Å².